The van der Waals surface area contributed by atoms with Gasteiger partial charge in [-0.2, -0.15) is 11.8 Å². The molecule has 0 atom stereocenters. The van der Waals surface area contributed by atoms with Crippen LogP contribution in [0.3, 0.4) is 0 Å². The van der Waals surface area contributed by atoms with E-state index in [1.54, 1.807) is 16.7 Å². The van der Waals surface area contributed by atoms with Gasteiger partial charge in [0.25, 0.3) is 0 Å². The van der Waals surface area contributed by atoms with Crippen molar-refractivity contribution in [2.24, 2.45) is 0 Å². The Balaban J connectivity index is 2.14. The lowest BCUT2D eigenvalue weighted by Gasteiger charge is -2.05. The maximum absolute atomic E-state index is 12.0. The van der Waals surface area contributed by atoms with Crippen molar-refractivity contribution in [3.8, 4) is 0 Å². The summed E-state index contributed by atoms with van der Waals surface area (Å²) in [5, 5.41) is 9.25. The summed E-state index contributed by atoms with van der Waals surface area (Å²) in [6, 6.07) is 4.92. The van der Waals surface area contributed by atoms with Crippen LogP contribution >= 0.6 is 11.8 Å². The molecule has 114 valence electrons. The number of H-pyrrole nitrogens is 1. The first-order chi connectivity index (χ1) is 10.1. The van der Waals surface area contributed by atoms with Crippen LogP contribution in [0.25, 0.3) is 11.0 Å². The van der Waals surface area contributed by atoms with Crippen molar-refractivity contribution < 1.29 is 9.90 Å². The quantitative estimate of drug-likeness (QED) is 0.735. The Labute approximate surface area is 127 Å². The SMILES string of the molecule is CSCCCCCCn1c(=O)[nH]c2cccc(C(=O)O)c21. The number of imidazole rings is 1. The van der Waals surface area contributed by atoms with Crippen LogP contribution in [0.1, 0.15) is 36.0 Å². The zero-order chi connectivity index (χ0) is 15.2. The summed E-state index contributed by atoms with van der Waals surface area (Å²) in [7, 11) is 0. The first kappa shape index (κ1) is 15.7. The molecular weight excluding hydrogens is 288 g/mol. The minimum Gasteiger partial charge on any atom is -0.478 e. The lowest BCUT2D eigenvalue weighted by Crippen LogP contribution is -2.17. The van der Waals surface area contributed by atoms with Gasteiger partial charge in [0.1, 0.15) is 0 Å². The van der Waals surface area contributed by atoms with Gasteiger partial charge < -0.3 is 10.1 Å². The summed E-state index contributed by atoms with van der Waals surface area (Å²) in [5.74, 6) is 0.157. The lowest BCUT2D eigenvalue weighted by atomic mass is 10.1. The Morgan fingerprint density at radius 2 is 2.05 bits per heavy atom. The van der Waals surface area contributed by atoms with Crippen LogP contribution in [-0.2, 0) is 6.54 Å². The highest BCUT2D eigenvalue weighted by atomic mass is 32.2. The number of fused-ring (bicyclic) bond motifs is 1. The van der Waals surface area contributed by atoms with Gasteiger partial charge in [-0.15, -0.1) is 0 Å². The molecule has 0 bridgehead atoms. The first-order valence-corrected chi connectivity index (χ1v) is 8.48. The molecule has 1 aromatic carbocycles. The van der Waals surface area contributed by atoms with Gasteiger partial charge in [-0.25, -0.2) is 9.59 Å². The molecule has 2 aromatic rings. The average Bonchev–Trinajstić information content (AvgIpc) is 2.78. The summed E-state index contributed by atoms with van der Waals surface area (Å²) in [6.07, 6.45) is 6.36. The third-order valence-electron chi connectivity index (χ3n) is 3.50. The fraction of sp³-hybridized carbons (Fsp3) is 0.467. The van der Waals surface area contributed by atoms with E-state index in [4.69, 9.17) is 0 Å². The van der Waals surface area contributed by atoms with E-state index in [1.165, 1.54) is 12.5 Å². The Morgan fingerprint density at radius 3 is 2.76 bits per heavy atom. The molecule has 0 aliphatic heterocycles. The minimum atomic E-state index is -1.01. The lowest BCUT2D eigenvalue weighted by molar-refractivity contribution is 0.0698. The predicted octanol–water partition coefficient (Wildman–Crippen LogP) is 2.95. The zero-order valence-corrected chi connectivity index (χ0v) is 12.9. The molecule has 0 fully saturated rings. The number of aromatic nitrogens is 2. The van der Waals surface area contributed by atoms with Crippen LogP contribution in [0.5, 0.6) is 0 Å². The van der Waals surface area contributed by atoms with Crippen LogP contribution in [0.15, 0.2) is 23.0 Å². The number of aromatic carboxylic acids is 1. The molecular formula is C15H20N2O3S. The maximum Gasteiger partial charge on any atom is 0.337 e. The predicted molar refractivity (Wildman–Crippen MR) is 86.4 cm³/mol. The number of aryl methyl sites for hydroxylation is 1. The topological polar surface area (TPSA) is 75.1 Å². The highest BCUT2D eigenvalue weighted by Gasteiger charge is 2.14. The molecule has 0 aliphatic carbocycles. The van der Waals surface area contributed by atoms with Crippen LogP contribution < -0.4 is 5.69 Å². The number of carboxylic acids is 1. The monoisotopic (exact) mass is 308 g/mol. The Hall–Kier alpha value is -1.69. The molecule has 2 rings (SSSR count). The van der Waals surface area contributed by atoms with Gasteiger partial charge in [0.15, 0.2) is 0 Å². The summed E-state index contributed by atoms with van der Waals surface area (Å²) in [4.78, 5) is 26.0. The number of carboxylic acid groups (broad SMARTS) is 1. The third kappa shape index (κ3) is 3.69. The third-order valence-corrected chi connectivity index (χ3v) is 4.20. The number of nitrogens with one attached hydrogen (secondary N) is 1. The highest BCUT2D eigenvalue weighted by Crippen LogP contribution is 2.17. The second kappa shape index (κ2) is 7.36. The molecule has 1 aromatic heterocycles. The Bertz CT molecular complexity index is 675. The van der Waals surface area contributed by atoms with Crippen LogP contribution in [-0.4, -0.2) is 32.6 Å². The van der Waals surface area contributed by atoms with E-state index >= 15 is 0 Å². The molecule has 21 heavy (non-hydrogen) atoms. The van der Waals surface area contributed by atoms with E-state index in [0.29, 0.717) is 17.6 Å². The number of hydrogen-bond donors (Lipinski definition) is 2. The Kier molecular flexibility index (Phi) is 5.50. The normalized spacial score (nSPS) is 11.1. The molecule has 0 amide bonds. The fourth-order valence-electron chi connectivity index (χ4n) is 2.48. The fourth-order valence-corrected chi connectivity index (χ4v) is 2.97. The zero-order valence-electron chi connectivity index (χ0n) is 12.1. The molecule has 0 saturated heterocycles. The summed E-state index contributed by atoms with van der Waals surface area (Å²) in [6.45, 7) is 0.558. The maximum atomic E-state index is 12.0. The van der Waals surface area contributed by atoms with Gasteiger partial charge in [-0.1, -0.05) is 18.9 Å². The van der Waals surface area contributed by atoms with Gasteiger partial charge in [-0.3, -0.25) is 4.57 Å². The van der Waals surface area contributed by atoms with E-state index in [0.717, 1.165) is 25.0 Å². The number of carbonyl (C=O) groups is 1. The van der Waals surface area contributed by atoms with E-state index in [2.05, 4.69) is 11.2 Å². The second-order valence-electron chi connectivity index (χ2n) is 5.00. The van der Waals surface area contributed by atoms with E-state index < -0.39 is 5.97 Å². The number of benzene rings is 1. The standard InChI is InChI=1S/C15H20N2O3S/c1-21-10-5-3-2-4-9-17-13-11(14(18)19)7-6-8-12(13)16-15(17)20/h6-8H,2-5,9-10H2,1H3,(H,16,20)(H,18,19). The molecule has 0 saturated carbocycles. The number of para-hydroxylation sites is 1. The summed E-state index contributed by atoms with van der Waals surface area (Å²) >= 11 is 1.84. The minimum absolute atomic E-state index is 0.174. The average molecular weight is 308 g/mol. The van der Waals surface area contributed by atoms with Crippen molar-refractivity contribution >= 4 is 28.8 Å². The van der Waals surface area contributed by atoms with Gasteiger partial charge in [0, 0.05) is 6.54 Å². The van der Waals surface area contributed by atoms with Crippen LogP contribution in [0.2, 0.25) is 0 Å². The number of aromatic amines is 1. The Morgan fingerprint density at radius 1 is 1.29 bits per heavy atom. The molecule has 2 N–H and O–H groups in total. The van der Waals surface area contributed by atoms with E-state index in [9.17, 15) is 14.7 Å². The van der Waals surface area contributed by atoms with Crippen LogP contribution in [0.4, 0.5) is 0 Å². The molecule has 5 nitrogen and oxygen atoms in total. The van der Waals surface area contributed by atoms with Gasteiger partial charge >= 0.3 is 11.7 Å². The number of unbranched alkanes of at least 4 members (excludes halogenated alkanes) is 3. The number of thioether (sulfide) groups is 1. The van der Waals surface area contributed by atoms with Crippen molar-refractivity contribution in [1.29, 1.82) is 0 Å². The van der Waals surface area contributed by atoms with Crippen molar-refractivity contribution in [2.45, 2.75) is 32.2 Å². The molecule has 0 unspecified atom stereocenters. The number of hydrogen-bond acceptors (Lipinski definition) is 3. The van der Waals surface area contributed by atoms with Crippen molar-refractivity contribution in [2.75, 3.05) is 12.0 Å². The highest BCUT2D eigenvalue weighted by molar-refractivity contribution is 7.98. The largest absolute Gasteiger partial charge is 0.478 e. The van der Waals surface area contributed by atoms with Crippen molar-refractivity contribution in [3.05, 3.63) is 34.2 Å². The molecule has 0 spiro atoms. The van der Waals surface area contributed by atoms with Gasteiger partial charge in [0.05, 0.1) is 16.6 Å². The molecule has 0 aliphatic rings. The summed E-state index contributed by atoms with van der Waals surface area (Å²) in [5.41, 5.74) is 1.03. The van der Waals surface area contributed by atoms with Crippen molar-refractivity contribution in [1.82, 2.24) is 9.55 Å². The molecule has 1 heterocycles. The number of rotatable bonds is 8. The smallest absolute Gasteiger partial charge is 0.337 e. The van der Waals surface area contributed by atoms with E-state index in [-0.39, 0.29) is 11.3 Å². The molecule has 6 heteroatoms. The number of nitrogens with zero attached hydrogens (tertiary/aromatic N) is 1. The van der Waals surface area contributed by atoms with Crippen molar-refractivity contribution in [3.63, 3.8) is 0 Å². The molecule has 0 radical (unpaired) electrons. The second-order valence-corrected chi connectivity index (χ2v) is 5.98. The first-order valence-electron chi connectivity index (χ1n) is 7.09. The summed E-state index contributed by atoms with van der Waals surface area (Å²) < 4.78 is 1.55. The van der Waals surface area contributed by atoms with Gasteiger partial charge in [0.2, 0.25) is 0 Å². The van der Waals surface area contributed by atoms with Crippen LogP contribution in [0, 0.1) is 0 Å². The van der Waals surface area contributed by atoms with E-state index in [1.807, 2.05) is 11.8 Å². The van der Waals surface area contributed by atoms with Gasteiger partial charge in [-0.05, 0) is 37.0 Å².